The van der Waals surface area contributed by atoms with Gasteiger partial charge in [-0.15, -0.1) is 0 Å². The van der Waals surface area contributed by atoms with E-state index >= 15 is 0 Å². The van der Waals surface area contributed by atoms with Crippen molar-refractivity contribution in [1.82, 2.24) is 5.32 Å². The van der Waals surface area contributed by atoms with E-state index in [1.54, 1.807) is 6.08 Å². The van der Waals surface area contributed by atoms with E-state index in [2.05, 4.69) is 43.5 Å². The molecule has 0 aromatic carbocycles. The number of nitrogens with one attached hydrogen (secondary N) is 1. The Balaban J connectivity index is 3.36. The number of aliphatic hydroxyl groups is 2. The quantitative estimate of drug-likeness (QED) is 0.0320. The second-order valence-corrected chi connectivity index (χ2v) is 24.9. The van der Waals surface area contributed by atoms with Crippen LogP contribution in [0.2, 0.25) is 0 Å². The number of rotatable bonds is 68. The van der Waals surface area contributed by atoms with Gasteiger partial charge in [0.15, 0.2) is 0 Å². The highest BCUT2D eigenvalue weighted by atomic mass is 16.5. The Kier molecular flexibility index (Phi) is 67.9. The maximum atomic E-state index is 12.5. The summed E-state index contributed by atoms with van der Waals surface area (Å²) >= 11 is 0. The summed E-state index contributed by atoms with van der Waals surface area (Å²) in [7, 11) is 0. The fourth-order valence-electron chi connectivity index (χ4n) is 11.3. The summed E-state index contributed by atoms with van der Waals surface area (Å²) in [6, 6.07) is -0.625. The van der Waals surface area contributed by atoms with Crippen LogP contribution in [0, 0.1) is 0 Å². The van der Waals surface area contributed by atoms with Crippen LogP contribution in [0.5, 0.6) is 0 Å². The van der Waals surface area contributed by atoms with E-state index in [1.165, 1.54) is 327 Å². The Morgan fingerprint density at radius 3 is 0.887 bits per heavy atom. The highest BCUT2D eigenvalue weighted by molar-refractivity contribution is 5.76. The summed E-state index contributed by atoms with van der Waals surface area (Å²) in [4.78, 5) is 24.6. The number of carbonyl (C=O) groups excluding carboxylic acids is 2. The first-order chi connectivity index (χ1) is 39.5. The number of unbranched alkanes of at least 4 members (excludes halogenated alkanes) is 53. The zero-order chi connectivity index (χ0) is 57.8. The van der Waals surface area contributed by atoms with E-state index in [0.717, 1.165) is 44.9 Å². The monoisotopic (exact) mass is 1120 g/mol. The SMILES string of the molecule is CCCCCCCC/C=C\CCCCCCCC(=O)OCCCCCCCCCCCCCC/C=C\CCCCCCCCCCCCCCCCCCCC(=O)NC(CO)C(O)/C=C/CCCCCCCCCCCCCCC. The molecule has 6 heteroatoms. The predicted molar refractivity (Wildman–Crippen MR) is 352 cm³/mol. The molecule has 6 nitrogen and oxygen atoms in total. The number of hydrogen-bond donors (Lipinski definition) is 3. The van der Waals surface area contributed by atoms with Crippen molar-refractivity contribution in [2.24, 2.45) is 0 Å². The summed E-state index contributed by atoms with van der Waals surface area (Å²) in [6.07, 6.45) is 89.5. The van der Waals surface area contributed by atoms with Crippen LogP contribution in [0.3, 0.4) is 0 Å². The van der Waals surface area contributed by atoms with E-state index < -0.39 is 12.1 Å². The van der Waals surface area contributed by atoms with Gasteiger partial charge in [-0.25, -0.2) is 0 Å². The van der Waals surface area contributed by atoms with E-state index in [4.69, 9.17) is 4.74 Å². The van der Waals surface area contributed by atoms with Gasteiger partial charge >= 0.3 is 5.97 Å². The molecule has 0 saturated heterocycles. The van der Waals surface area contributed by atoms with Crippen LogP contribution in [0.15, 0.2) is 36.5 Å². The average Bonchev–Trinajstić information content (AvgIpc) is 3.46. The van der Waals surface area contributed by atoms with Crippen molar-refractivity contribution in [3.63, 3.8) is 0 Å². The van der Waals surface area contributed by atoms with E-state index in [0.29, 0.717) is 19.4 Å². The first-order valence-electron chi connectivity index (χ1n) is 36.3. The van der Waals surface area contributed by atoms with Crippen LogP contribution in [-0.4, -0.2) is 47.4 Å². The maximum absolute atomic E-state index is 12.5. The molecular formula is C74H141NO5. The number of amides is 1. The van der Waals surface area contributed by atoms with Gasteiger partial charge in [0.05, 0.1) is 25.4 Å². The highest BCUT2D eigenvalue weighted by Crippen LogP contribution is 2.18. The number of allylic oxidation sites excluding steroid dienone is 5. The summed E-state index contributed by atoms with van der Waals surface area (Å²) in [6.45, 7) is 4.92. The minimum absolute atomic E-state index is 0.0109. The van der Waals surface area contributed by atoms with Crippen LogP contribution in [0.25, 0.3) is 0 Å². The second kappa shape index (κ2) is 69.6. The van der Waals surface area contributed by atoms with Crippen LogP contribution in [0.4, 0.5) is 0 Å². The van der Waals surface area contributed by atoms with Gasteiger partial charge in [0.1, 0.15) is 0 Å². The fourth-order valence-corrected chi connectivity index (χ4v) is 11.3. The molecule has 0 spiro atoms. The van der Waals surface area contributed by atoms with Crippen molar-refractivity contribution in [2.75, 3.05) is 13.2 Å². The molecule has 0 aliphatic heterocycles. The van der Waals surface area contributed by atoms with Crippen molar-refractivity contribution < 1.29 is 24.5 Å². The molecule has 3 N–H and O–H groups in total. The number of hydrogen-bond acceptors (Lipinski definition) is 5. The fraction of sp³-hybridized carbons (Fsp3) is 0.892. The Labute approximate surface area is 500 Å². The standard InChI is InChI=1S/C74H141NO5/c1-3-5-7-9-11-13-15-17-38-42-46-50-54-58-62-66-72(77)71(70-76)75-73(78)67-63-59-55-51-47-43-40-36-34-32-30-28-26-24-22-20-19-21-23-25-27-29-31-33-35-37-41-45-49-53-57-61-65-69-80-74(79)68-64-60-56-52-48-44-39-18-16-14-12-10-8-6-4-2/h18,23,25,39,62,66,71-72,76-77H,3-17,19-22,24,26-38,40-61,63-65,67-70H2,1-2H3,(H,75,78)/b25-23-,39-18-,66-62+. The summed E-state index contributed by atoms with van der Waals surface area (Å²) < 4.78 is 5.49. The summed E-state index contributed by atoms with van der Waals surface area (Å²) in [5.41, 5.74) is 0. The Morgan fingerprint density at radius 1 is 0.338 bits per heavy atom. The van der Waals surface area contributed by atoms with Crippen molar-refractivity contribution in [3.05, 3.63) is 36.5 Å². The molecule has 0 bridgehead atoms. The molecule has 0 rings (SSSR count). The van der Waals surface area contributed by atoms with Gasteiger partial charge in [-0.05, 0) is 83.5 Å². The zero-order valence-corrected chi connectivity index (χ0v) is 54.1. The topological polar surface area (TPSA) is 95.9 Å². The molecule has 0 fully saturated rings. The third-order valence-corrected chi connectivity index (χ3v) is 16.9. The highest BCUT2D eigenvalue weighted by Gasteiger charge is 2.18. The number of esters is 1. The minimum atomic E-state index is -0.842. The van der Waals surface area contributed by atoms with Crippen LogP contribution < -0.4 is 5.32 Å². The molecule has 0 aromatic rings. The van der Waals surface area contributed by atoms with Gasteiger partial charge in [0.25, 0.3) is 0 Å². The van der Waals surface area contributed by atoms with Crippen molar-refractivity contribution in [1.29, 1.82) is 0 Å². The number of aliphatic hydroxyl groups excluding tert-OH is 2. The first kappa shape index (κ1) is 78.1. The summed E-state index contributed by atoms with van der Waals surface area (Å²) in [5.74, 6) is -0.0518. The lowest BCUT2D eigenvalue weighted by Crippen LogP contribution is -2.45. The Morgan fingerprint density at radius 2 is 0.588 bits per heavy atom. The third kappa shape index (κ3) is 65.2. The predicted octanol–water partition coefficient (Wildman–Crippen LogP) is 23.5. The van der Waals surface area contributed by atoms with Gasteiger partial charge in [-0.3, -0.25) is 9.59 Å². The number of carbonyl (C=O) groups is 2. The lowest BCUT2D eigenvalue weighted by molar-refractivity contribution is -0.143. The normalized spacial score (nSPS) is 12.7. The molecule has 80 heavy (non-hydrogen) atoms. The Hall–Kier alpha value is -1.92. The molecule has 2 unspecified atom stereocenters. The second-order valence-electron chi connectivity index (χ2n) is 24.9. The molecular weight excluding hydrogens is 983 g/mol. The molecule has 0 radical (unpaired) electrons. The van der Waals surface area contributed by atoms with Crippen LogP contribution in [0.1, 0.15) is 399 Å². The van der Waals surface area contributed by atoms with Gasteiger partial charge in [0.2, 0.25) is 5.91 Å². The van der Waals surface area contributed by atoms with Crippen molar-refractivity contribution in [2.45, 2.75) is 411 Å². The van der Waals surface area contributed by atoms with Crippen LogP contribution >= 0.6 is 0 Å². The lowest BCUT2D eigenvalue weighted by Gasteiger charge is -2.20. The molecule has 0 heterocycles. The van der Waals surface area contributed by atoms with Crippen LogP contribution in [-0.2, 0) is 14.3 Å². The molecule has 0 saturated carbocycles. The van der Waals surface area contributed by atoms with Crippen molar-refractivity contribution >= 4 is 11.9 Å². The van der Waals surface area contributed by atoms with Gasteiger partial charge < -0.3 is 20.3 Å². The van der Waals surface area contributed by atoms with Gasteiger partial charge in [-0.2, -0.15) is 0 Å². The minimum Gasteiger partial charge on any atom is -0.466 e. The maximum Gasteiger partial charge on any atom is 0.305 e. The largest absolute Gasteiger partial charge is 0.466 e. The van der Waals surface area contributed by atoms with E-state index in [1.807, 2.05) is 6.08 Å². The molecule has 1 amide bonds. The summed E-state index contributed by atoms with van der Waals surface area (Å²) in [5, 5.41) is 23.2. The molecule has 0 aliphatic carbocycles. The lowest BCUT2D eigenvalue weighted by atomic mass is 10.0. The third-order valence-electron chi connectivity index (χ3n) is 16.9. The molecule has 2 atom stereocenters. The smallest absolute Gasteiger partial charge is 0.305 e. The first-order valence-corrected chi connectivity index (χ1v) is 36.3. The molecule has 472 valence electrons. The average molecular weight is 1120 g/mol. The van der Waals surface area contributed by atoms with Gasteiger partial charge in [-0.1, -0.05) is 339 Å². The van der Waals surface area contributed by atoms with E-state index in [9.17, 15) is 19.8 Å². The Bertz CT molecular complexity index is 1300. The number of ether oxygens (including phenoxy) is 1. The van der Waals surface area contributed by atoms with Gasteiger partial charge in [0, 0.05) is 12.8 Å². The zero-order valence-electron chi connectivity index (χ0n) is 54.1. The molecule has 0 aromatic heterocycles. The van der Waals surface area contributed by atoms with E-state index in [-0.39, 0.29) is 18.5 Å². The van der Waals surface area contributed by atoms with Crippen molar-refractivity contribution in [3.8, 4) is 0 Å². The molecule has 0 aliphatic rings.